The van der Waals surface area contributed by atoms with Gasteiger partial charge in [0.2, 0.25) is 0 Å². The number of nitrogens with zero attached hydrogens (tertiary/aromatic N) is 2. The van der Waals surface area contributed by atoms with Gasteiger partial charge in [-0.25, -0.2) is 0 Å². The van der Waals surface area contributed by atoms with Crippen molar-refractivity contribution >= 4 is 21.6 Å². The first-order chi connectivity index (χ1) is 5.13. The molecular weight excluding hydrogens is 204 g/mol. The zero-order valence-electron chi connectivity index (χ0n) is 6.93. The van der Waals surface area contributed by atoms with Gasteiger partial charge in [-0.2, -0.15) is 0 Å². The summed E-state index contributed by atoms with van der Waals surface area (Å²) in [6.07, 6.45) is 1.81. The summed E-state index contributed by atoms with van der Waals surface area (Å²) in [6.45, 7) is 1.98. The molecule has 2 nitrogen and oxygen atoms in total. The van der Waals surface area contributed by atoms with E-state index in [0.29, 0.717) is 0 Å². The fraction of sp³-hybridized carbons (Fsp3) is 0.375. The van der Waals surface area contributed by atoms with Gasteiger partial charge >= 0.3 is 0 Å². The van der Waals surface area contributed by atoms with Crippen molar-refractivity contribution in [1.82, 2.24) is 4.98 Å². The molecule has 0 saturated carbocycles. The Bertz CT molecular complexity index is 258. The van der Waals surface area contributed by atoms with Crippen LogP contribution in [0, 0.1) is 6.92 Å². The van der Waals surface area contributed by atoms with E-state index in [1.54, 1.807) is 0 Å². The topological polar surface area (TPSA) is 16.1 Å². The molecular formula is C8H11BrN2. The zero-order chi connectivity index (χ0) is 8.43. The van der Waals surface area contributed by atoms with Crippen LogP contribution < -0.4 is 4.90 Å². The summed E-state index contributed by atoms with van der Waals surface area (Å²) in [5.41, 5.74) is 2.19. The normalized spacial score (nSPS) is 9.82. The second kappa shape index (κ2) is 3.22. The molecule has 0 aliphatic heterocycles. The summed E-state index contributed by atoms with van der Waals surface area (Å²) in [5.74, 6) is 0. The molecule has 1 rings (SSSR count). The smallest absolute Gasteiger partial charge is 0.0621 e. The maximum Gasteiger partial charge on any atom is 0.0621 e. The highest BCUT2D eigenvalue weighted by molar-refractivity contribution is 9.10. The van der Waals surface area contributed by atoms with Crippen molar-refractivity contribution in [3.05, 3.63) is 22.4 Å². The Morgan fingerprint density at radius 2 is 2.09 bits per heavy atom. The molecule has 0 fully saturated rings. The number of halogens is 1. The standard InChI is InChI=1S/C8H11BrN2/c1-6-8(9)7(11(2)3)4-5-10-6/h4-5H,1-3H3. The minimum atomic E-state index is 1.02. The fourth-order valence-electron chi connectivity index (χ4n) is 0.880. The van der Waals surface area contributed by atoms with Crippen molar-refractivity contribution < 1.29 is 0 Å². The van der Waals surface area contributed by atoms with Crippen molar-refractivity contribution in [3.8, 4) is 0 Å². The Balaban J connectivity index is 3.17. The summed E-state index contributed by atoms with van der Waals surface area (Å²) in [4.78, 5) is 6.20. The van der Waals surface area contributed by atoms with Gasteiger partial charge in [0, 0.05) is 20.3 Å². The van der Waals surface area contributed by atoms with E-state index in [9.17, 15) is 0 Å². The van der Waals surface area contributed by atoms with Crippen LogP contribution in [0.3, 0.4) is 0 Å². The fourth-order valence-corrected chi connectivity index (χ4v) is 1.47. The van der Waals surface area contributed by atoms with Crippen molar-refractivity contribution in [1.29, 1.82) is 0 Å². The molecule has 0 bridgehead atoms. The first-order valence-corrected chi connectivity index (χ1v) is 4.20. The van der Waals surface area contributed by atoms with E-state index in [4.69, 9.17) is 0 Å². The van der Waals surface area contributed by atoms with Gasteiger partial charge in [-0.05, 0) is 28.9 Å². The summed E-state index contributed by atoms with van der Waals surface area (Å²) in [6, 6.07) is 1.98. The van der Waals surface area contributed by atoms with E-state index in [-0.39, 0.29) is 0 Å². The van der Waals surface area contributed by atoms with E-state index in [0.717, 1.165) is 15.9 Å². The van der Waals surface area contributed by atoms with Crippen LogP contribution in [0.25, 0.3) is 0 Å². The first kappa shape index (κ1) is 8.53. The Labute approximate surface area is 75.4 Å². The lowest BCUT2D eigenvalue weighted by molar-refractivity contribution is 1.08. The second-order valence-corrected chi connectivity index (χ2v) is 3.42. The van der Waals surface area contributed by atoms with Crippen LogP contribution in [0.5, 0.6) is 0 Å². The van der Waals surface area contributed by atoms with E-state index < -0.39 is 0 Å². The van der Waals surface area contributed by atoms with Crippen molar-refractivity contribution in [3.63, 3.8) is 0 Å². The molecule has 0 aliphatic rings. The van der Waals surface area contributed by atoms with Gasteiger partial charge in [-0.15, -0.1) is 0 Å². The number of aryl methyl sites for hydroxylation is 1. The number of anilines is 1. The number of rotatable bonds is 1. The molecule has 0 unspecified atom stereocenters. The Morgan fingerprint density at radius 1 is 1.45 bits per heavy atom. The quantitative estimate of drug-likeness (QED) is 0.713. The largest absolute Gasteiger partial charge is 0.377 e. The molecule has 1 heterocycles. The monoisotopic (exact) mass is 214 g/mol. The second-order valence-electron chi connectivity index (χ2n) is 2.62. The van der Waals surface area contributed by atoms with Crippen molar-refractivity contribution in [2.75, 3.05) is 19.0 Å². The van der Waals surface area contributed by atoms with Gasteiger partial charge in [0.15, 0.2) is 0 Å². The Morgan fingerprint density at radius 3 is 2.55 bits per heavy atom. The molecule has 11 heavy (non-hydrogen) atoms. The van der Waals surface area contributed by atoms with E-state index in [2.05, 4.69) is 25.8 Å². The van der Waals surface area contributed by atoms with Gasteiger partial charge in [0.1, 0.15) is 0 Å². The van der Waals surface area contributed by atoms with Crippen LogP contribution in [0.2, 0.25) is 0 Å². The third-order valence-electron chi connectivity index (χ3n) is 1.52. The van der Waals surface area contributed by atoms with Crippen LogP contribution in [0.15, 0.2) is 16.7 Å². The summed E-state index contributed by atoms with van der Waals surface area (Å²) < 4.78 is 1.07. The van der Waals surface area contributed by atoms with Gasteiger partial charge in [0.25, 0.3) is 0 Å². The highest BCUT2D eigenvalue weighted by Crippen LogP contribution is 2.25. The molecule has 0 radical (unpaired) electrons. The van der Waals surface area contributed by atoms with Crippen LogP contribution in [-0.2, 0) is 0 Å². The van der Waals surface area contributed by atoms with Crippen molar-refractivity contribution in [2.24, 2.45) is 0 Å². The van der Waals surface area contributed by atoms with Gasteiger partial charge < -0.3 is 4.90 Å². The minimum Gasteiger partial charge on any atom is -0.377 e. The lowest BCUT2D eigenvalue weighted by Gasteiger charge is -2.14. The van der Waals surface area contributed by atoms with Crippen molar-refractivity contribution in [2.45, 2.75) is 6.92 Å². The number of aromatic nitrogens is 1. The molecule has 3 heteroatoms. The Kier molecular flexibility index (Phi) is 2.49. The summed E-state index contributed by atoms with van der Waals surface area (Å²) in [7, 11) is 4.03. The highest BCUT2D eigenvalue weighted by Gasteiger charge is 2.03. The number of hydrogen-bond acceptors (Lipinski definition) is 2. The molecule has 60 valence electrons. The molecule has 0 aliphatic carbocycles. The average molecular weight is 215 g/mol. The van der Waals surface area contributed by atoms with Crippen LogP contribution in [-0.4, -0.2) is 19.1 Å². The number of pyridine rings is 1. The first-order valence-electron chi connectivity index (χ1n) is 3.41. The molecule has 0 aromatic carbocycles. The maximum atomic E-state index is 4.15. The molecule has 0 saturated heterocycles. The van der Waals surface area contributed by atoms with Crippen LogP contribution >= 0.6 is 15.9 Å². The predicted octanol–water partition coefficient (Wildman–Crippen LogP) is 2.22. The highest BCUT2D eigenvalue weighted by atomic mass is 79.9. The predicted molar refractivity (Wildman–Crippen MR) is 51.0 cm³/mol. The lowest BCUT2D eigenvalue weighted by atomic mass is 10.3. The number of hydrogen-bond donors (Lipinski definition) is 0. The van der Waals surface area contributed by atoms with Gasteiger partial charge in [0.05, 0.1) is 15.9 Å². The van der Waals surface area contributed by atoms with E-state index in [1.165, 1.54) is 0 Å². The van der Waals surface area contributed by atoms with Crippen LogP contribution in [0.4, 0.5) is 5.69 Å². The molecule has 0 spiro atoms. The minimum absolute atomic E-state index is 1.02. The molecule has 1 aromatic heterocycles. The molecule has 0 atom stereocenters. The average Bonchev–Trinajstić information content (AvgIpc) is 1.94. The van der Waals surface area contributed by atoms with E-state index in [1.807, 2.05) is 33.3 Å². The van der Waals surface area contributed by atoms with Crippen LogP contribution in [0.1, 0.15) is 5.69 Å². The molecule has 1 aromatic rings. The summed E-state index contributed by atoms with van der Waals surface area (Å²) >= 11 is 3.48. The SMILES string of the molecule is Cc1nccc(N(C)C)c1Br. The van der Waals surface area contributed by atoms with E-state index >= 15 is 0 Å². The third kappa shape index (κ3) is 1.71. The molecule has 0 N–H and O–H groups in total. The zero-order valence-corrected chi connectivity index (χ0v) is 8.51. The molecule has 0 amide bonds. The van der Waals surface area contributed by atoms with Gasteiger partial charge in [-0.1, -0.05) is 0 Å². The van der Waals surface area contributed by atoms with Gasteiger partial charge in [-0.3, -0.25) is 4.98 Å². The maximum absolute atomic E-state index is 4.15. The lowest BCUT2D eigenvalue weighted by Crippen LogP contribution is -2.09. The third-order valence-corrected chi connectivity index (χ3v) is 2.50. The Hall–Kier alpha value is -0.570. The summed E-state index contributed by atoms with van der Waals surface area (Å²) in [5, 5.41) is 0.